The molecule has 306 valence electrons. The fourth-order valence-electron chi connectivity index (χ4n) is 12.0. The highest BCUT2D eigenvalue weighted by Crippen LogP contribution is 2.59. The largest absolute Gasteiger partial charge is 0.456 e. The van der Waals surface area contributed by atoms with E-state index < -0.39 is 5.41 Å². The van der Waals surface area contributed by atoms with Crippen LogP contribution in [-0.4, -0.2) is 0 Å². The van der Waals surface area contributed by atoms with Crippen molar-refractivity contribution in [2.75, 3.05) is 0 Å². The van der Waals surface area contributed by atoms with Gasteiger partial charge in [0, 0.05) is 54.6 Å². The molecule has 14 aromatic rings. The van der Waals surface area contributed by atoms with E-state index in [4.69, 9.17) is 13.3 Å². The summed E-state index contributed by atoms with van der Waals surface area (Å²) in [5, 5.41) is 11.2. The Bertz CT molecular complexity index is 4240. The van der Waals surface area contributed by atoms with Gasteiger partial charge in [-0.2, -0.15) is 0 Å². The molecular formula is C63H36O3. The molecule has 3 nitrogen and oxygen atoms in total. The van der Waals surface area contributed by atoms with E-state index >= 15 is 0 Å². The lowest BCUT2D eigenvalue weighted by Crippen LogP contribution is -2.28. The second-order valence-corrected chi connectivity index (χ2v) is 17.7. The molecule has 0 amide bonds. The van der Waals surface area contributed by atoms with E-state index in [0.717, 1.165) is 110 Å². The van der Waals surface area contributed by atoms with Gasteiger partial charge >= 0.3 is 0 Å². The number of para-hydroxylation sites is 3. The van der Waals surface area contributed by atoms with E-state index in [1.165, 1.54) is 33.4 Å². The average Bonchev–Trinajstić information content (AvgIpc) is 4.14. The molecule has 3 heterocycles. The Hall–Kier alpha value is -8.66. The molecule has 0 atom stereocenters. The highest BCUT2D eigenvalue weighted by Gasteiger charge is 2.47. The van der Waals surface area contributed by atoms with Crippen molar-refractivity contribution in [1.82, 2.24) is 0 Å². The van der Waals surface area contributed by atoms with Gasteiger partial charge < -0.3 is 13.3 Å². The van der Waals surface area contributed by atoms with E-state index in [9.17, 15) is 0 Å². The normalized spacial score (nSPS) is 13.3. The molecule has 1 aliphatic carbocycles. The lowest BCUT2D eigenvalue weighted by Gasteiger charge is -2.33. The summed E-state index contributed by atoms with van der Waals surface area (Å²) in [5.41, 5.74) is 16.6. The molecule has 0 spiro atoms. The number of hydrogen-bond acceptors (Lipinski definition) is 3. The van der Waals surface area contributed by atoms with Gasteiger partial charge in [0.25, 0.3) is 0 Å². The first-order valence-electron chi connectivity index (χ1n) is 22.7. The molecule has 0 saturated carbocycles. The van der Waals surface area contributed by atoms with Crippen LogP contribution in [0.1, 0.15) is 22.3 Å². The van der Waals surface area contributed by atoms with Gasteiger partial charge in [0.05, 0.1) is 5.41 Å². The third kappa shape index (κ3) is 4.56. The quantitative estimate of drug-likeness (QED) is 0.166. The van der Waals surface area contributed by atoms with E-state index in [2.05, 4.69) is 200 Å². The van der Waals surface area contributed by atoms with Crippen LogP contribution < -0.4 is 0 Å². The van der Waals surface area contributed by atoms with Crippen LogP contribution in [0, 0.1) is 0 Å². The maximum atomic E-state index is 7.20. The van der Waals surface area contributed by atoms with Crippen molar-refractivity contribution in [3.63, 3.8) is 0 Å². The Morgan fingerprint density at radius 2 is 0.667 bits per heavy atom. The van der Waals surface area contributed by atoms with Gasteiger partial charge in [-0.05, 0) is 79.2 Å². The zero-order chi connectivity index (χ0) is 43.1. The Labute approximate surface area is 378 Å². The molecule has 0 N–H and O–H groups in total. The molecule has 15 rings (SSSR count). The molecular weight excluding hydrogens is 805 g/mol. The summed E-state index contributed by atoms with van der Waals surface area (Å²) in [7, 11) is 0. The van der Waals surface area contributed by atoms with Gasteiger partial charge in [-0.25, -0.2) is 0 Å². The molecule has 0 aliphatic heterocycles. The second kappa shape index (κ2) is 13.2. The van der Waals surface area contributed by atoms with Crippen LogP contribution in [-0.2, 0) is 5.41 Å². The van der Waals surface area contributed by atoms with Gasteiger partial charge in [-0.3, -0.25) is 0 Å². The summed E-state index contributed by atoms with van der Waals surface area (Å²) in [6.45, 7) is 0. The van der Waals surface area contributed by atoms with Gasteiger partial charge in [-0.15, -0.1) is 0 Å². The van der Waals surface area contributed by atoms with Crippen molar-refractivity contribution < 1.29 is 13.3 Å². The first-order valence-corrected chi connectivity index (χ1v) is 22.7. The topological polar surface area (TPSA) is 39.4 Å². The predicted octanol–water partition coefficient (Wildman–Crippen LogP) is 17.4. The van der Waals surface area contributed by atoms with E-state index in [0.29, 0.717) is 0 Å². The number of benzene rings is 11. The summed E-state index contributed by atoms with van der Waals surface area (Å²) in [4.78, 5) is 0. The third-order valence-electron chi connectivity index (χ3n) is 14.6. The lowest BCUT2D eigenvalue weighted by atomic mass is 9.67. The summed E-state index contributed by atoms with van der Waals surface area (Å²) >= 11 is 0. The summed E-state index contributed by atoms with van der Waals surface area (Å²) in [5.74, 6) is 0. The molecule has 0 fully saturated rings. The summed E-state index contributed by atoms with van der Waals surface area (Å²) in [6.07, 6.45) is 0. The van der Waals surface area contributed by atoms with Crippen LogP contribution in [0.5, 0.6) is 0 Å². The smallest absolute Gasteiger partial charge is 0.143 e. The van der Waals surface area contributed by atoms with E-state index in [1.807, 2.05) is 18.2 Å². The monoisotopic (exact) mass is 840 g/mol. The lowest BCUT2D eigenvalue weighted by molar-refractivity contribution is 0.663. The molecule has 3 aromatic heterocycles. The molecule has 66 heavy (non-hydrogen) atoms. The van der Waals surface area contributed by atoms with Crippen LogP contribution >= 0.6 is 0 Å². The molecule has 11 aromatic carbocycles. The average molecular weight is 841 g/mol. The van der Waals surface area contributed by atoms with Crippen LogP contribution in [0.3, 0.4) is 0 Å². The standard InChI is InChI=1S/C63H36O3/c1-3-17-37(18-4-1)63(38-19-5-2-6-20-38)49-31-13-11-25-43(49)57-50(63)33-34-53-59(57)47-29-15-27-45(61(47)65-53)55-39-21-7-9-23-41(39)56(42-24-10-8-22-40(42)55)46-28-16-30-48-60-54(66-62(46)48)36-35-52-58(60)44-26-12-14-32-51(44)64-52/h1-36H. The first kappa shape index (κ1) is 35.8. The predicted molar refractivity (Wildman–Crippen MR) is 271 cm³/mol. The second-order valence-electron chi connectivity index (χ2n) is 17.7. The van der Waals surface area contributed by atoms with Crippen molar-refractivity contribution in [3.05, 3.63) is 241 Å². The van der Waals surface area contributed by atoms with Crippen molar-refractivity contribution in [1.29, 1.82) is 0 Å². The molecule has 0 saturated heterocycles. The maximum absolute atomic E-state index is 7.20. The van der Waals surface area contributed by atoms with Gasteiger partial charge in [-0.1, -0.05) is 194 Å². The van der Waals surface area contributed by atoms with Crippen molar-refractivity contribution >= 4 is 87.4 Å². The highest BCUT2D eigenvalue weighted by atomic mass is 16.3. The molecule has 0 bridgehead atoms. The molecule has 1 aliphatic rings. The van der Waals surface area contributed by atoms with Gasteiger partial charge in [0.1, 0.15) is 33.5 Å². The van der Waals surface area contributed by atoms with Crippen molar-refractivity contribution in [3.8, 4) is 33.4 Å². The number of fused-ring (bicyclic) bond motifs is 16. The van der Waals surface area contributed by atoms with Crippen molar-refractivity contribution in [2.45, 2.75) is 5.41 Å². The molecule has 0 radical (unpaired) electrons. The Balaban J connectivity index is 1.01. The van der Waals surface area contributed by atoms with Crippen LogP contribution in [0.4, 0.5) is 0 Å². The van der Waals surface area contributed by atoms with Crippen LogP contribution in [0.2, 0.25) is 0 Å². The summed E-state index contributed by atoms with van der Waals surface area (Å²) in [6, 6.07) is 78.8. The zero-order valence-corrected chi connectivity index (χ0v) is 35.5. The number of hydrogen-bond donors (Lipinski definition) is 0. The minimum Gasteiger partial charge on any atom is -0.456 e. The Morgan fingerprint density at radius 1 is 0.242 bits per heavy atom. The SMILES string of the molecule is c1ccc(C2(c3ccccc3)c3ccccc3-c3c2ccc2oc4c(-c5c6ccccc6c(-c6cccc7c6oc6ccc8oc9ccccc9c8c67)c6ccccc56)cccc4c32)cc1. The van der Waals surface area contributed by atoms with E-state index in [-0.39, 0.29) is 0 Å². The maximum Gasteiger partial charge on any atom is 0.143 e. The fraction of sp³-hybridized carbons (Fsp3) is 0.0159. The summed E-state index contributed by atoms with van der Waals surface area (Å²) < 4.78 is 20.5. The third-order valence-corrected chi connectivity index (χ3v) is 14.6. The number of rotatable bonds is 4. The number of furan rings is 3. The zero-order valence-electron chi connectivity index (χ0n) is 35.5. The van der Waals surface area contributed by atoms with Gasteiger partial charge in [0.15, 0.2) is 0 Å². The minimum absolute atomic E-state index is 0.507. The van der Waals surface area contributed by atoms with Crippen LogP contribution in [0.25, 0.3) is 121 Å². The van der Waals surface area contributed by atoms with Gasteiger partial charge in [0.2, 0.25) is 0 Å². The molecule has 3 heteroatoms. The highest BCUT2D eigenvalue weighted by molar-refractivity contribution is 6.30. The fourth-order valence-corrected chi connectivity index (χ4v) is 12.0. The Morgan fingerprint density at radius 3 is 1.27 bits per heavy atom. The van der Waals surface area contributed by atoms with Crippen LogP contribution in [0.15, 0.2) is 232 Å². The first-order chi connectivity index (χ1) is 32.8. The Kier molecular flexibility index (Phi) is 7.15. The molecule has 0 unspecified atom stereocenters. The minimum atomic E-state index is -0.507. The van der Waals surface area contributed by atoms with E-state index in [1.54, 1.807) is 0 Å². The van der Waals surface area contributed by atoms with Crippen molar-refractivity contribution in [2.24, 2.45) is 0 Å².